The van der Waals surface area contributed by atoms with E-state index in [-0.39, 0.29) is 37.3 Å². The number of rotatable bonds is 10. The van der Waals surface area contributed by atoms with E-state index in [1.807, 2.05) is 68.4 Å². The molecular formula is C33H37N3O5. The number of amides is 2. The Morgan fingerprint density at radius 2 is 1.56 bits per heavy atom. The predicted octanol–water partition coefficient (Wildman–Crippen LogP) is 4.79. The van der Waals surface area contributed by atoms with Crippen molar-refractivity contribution in [2.45, 2.75) is 50.7 Å². The van der Waals surface area contributed by atoms with E-state index in [2.05, 4.69) is 39.8 Å². The summed E-state index contributed by atoms with van der Waals surface area (Å²) in [6.07, 6.45) is -0.478. The summed E-state index contributed by atoms with van der Waals surface area (Å²) in [7, 11) is 0. The molecule has 2 aliphatic rings. The molecule has 1 saturated heterocycles. The van der Waals surface area contributed by atoms with Crippen LogP contribution in [0.5, 0.6) is 0 Å². The van der Waals surface area contributed by atoms with E-state index in [1.165, 1.54) is 0 Å². The van der Waals surface area contributed by atoms with E-state index in [4.69, 9.17) is 4.74 Å². The average Bonchev–Trinajstić information content (AvgIpc) is 3.51. The summed E-state index contributed by atoms with van der Waals surface area (Å²) in [5.41, 5.74) is 4.35. The average molecular weight is 556 g/mol. The Balaban J connectivity index is 1.32. The quantitative estimate of drug-likeness (QED) is 0.332. The summed E-state index contributed by atoms with van der Waals surface area (Å²) < 4.78 is 5.80. The summed E-state index contributed by atoms with van der Waals surface area (Å²) in [5.74, 6) is -1.57. The molecule has 1 fully saturated rings. The molecule has 0 spiro atoms. The Bertz CT molecular complexity index is 1360. The topological polar surface area (TPSA) is 108 Å². The van der Waals surface area contributed by atoms with Crippen LogP contribution in [0.4, 0.5) is 4.79 Å². The summed E-state index contributed by atoms with van der Waals surface area (Å²) in [6, 6.07) is 25.6. The van der Waals surface area contributed by atoms with Crippen molar-refractivity contribution < 1.29 is 24.2 Å². The van der Waals surface area contributed by atoms with Gasteiger partial charge in [0.05, 0.1) is 6.42 Å². The summed E-state index contributed by atoms with van der Waals surface area (Å²) in [4.78, 5) is 40.7. The highest BCUT2D eigenvalue weighted by molar-refractivity contribution is 5.91. The predicted molar refractivity (Wildman–Crippen MR) is 156 cm³/mol. The molecular weight excluding hydrogens is 518 g/mol. The van der Waals surface area contributed by atoms with Gasteiger partial charge in [-0.15, -0.1) is 0 Å². The lowest BCUT2D eigenvalue weighted by Crippen LogP contribution is -2.62. The number of nitrogens with one attached hydrogen (secondary N) is 2. The molecule has 3 aromatic rings. The number of likely N-dealkylation sites (tertiary alicyclic amines) is 1. The van der Waals surface area contributed by atoms with Crippen molar-refractivity contribution in [3.8, 4) is 11.1 Å². The zero-order chi connectivity index (χ0) is 29.0. The maximum atomic E-state index is 13.8. The number of fused-ring (bicyclic) bond motifs is 3. The Hall–Kier alpha value is -4.17. The smallest absolute Gasteiger partial charge is 0.408 e. The molecule has 0 saturated carbocycles. The molecule has 2 amide bonds. The summed E-state index contributed by atoms with van der Waals surface area (Å²) in [6.45, 7) is 5.39. The first-order valence-corrected chi connectivity index (χ1v) is 14.2. The summed E-state index contributed by atoms with van der Waals surface area (Å²) in [5, 5.41) is 15.2. The van der Waals surface area contributed by atoms with Gasteiger partial charge in [0.2, 0.25) is 5.91 Å². The molecule has 1 heterocycles. The van der Waals surface area contributed by atoms with Gasteiger partial charge in [-0.1, -0.05) is 92.7 Å². The maximum absolute atomic E-state index is 13.8. The van der Waals surface area contributed by atoms with Gasteiger partial charge in [0, 0.05) is 31.6 Å². The van der Waals surface area contributed by atoms with E-state index in [0.29, 0.717) is 19.5 Å². The Morgan fingerprint density at radius 1 is 0.951 bits per heavy atom. The Kier molecular flexibility index (Phi) is 8.40. The molecule has 8 nitrogen and oxygen atoms in total. The number of carbonyl (C=O) groups excluding carboxylic acids is 2. The van der Waals surface area contributed by atoms with Gasteiger partial charge in [-0.2, -0.15) is 0 Å². The molecule has 2 unspecified atom stereocenters. The second kappa shape index (κ2) is 12.1. The van der Waals surface area contributed by atoms with Crippen LogP contribution in [0.2, 0.25) is 0 Å². The van der Waals surface area contributed by atoms with Crippen LogP contribution in [-0.2, 0) is 20.9 Å². The van der Waals surface area contributed by atoms with E-state index < -0.39 is 23.6 Å². The van der Waals surface area contributed by atoms with Crippen molar-refractivity contribution in [2.75, 3.05) is 19.7 Å². The number of hydrogen-bond donors (Lipinski definition) is 3. The van der Waals surface area contributed by atoms with Crippen LogP contribution in [0, 0.1) is 5.92 Å². The second-order valence-electron chi connectivity index (χ2n) is 11.4. The third-order valence-corrected chi connectivity index (χ3v) is 8.23. The monoisotopic (exact) mass is 555 g/mol. The minimum absolute atomic E-state index is 0.0941. The van der Waals surface area contributed by atoms with E-state index in [0.717, 1.165) is 27.8 Å². The number of carbonyl (C=O) groups is 3. The lowest BCUT2D eigenvalue weighted by molar-refractivity contribution is -0.138. The summed E-state index contributed by atoms with van der Waals surface area (Å²) >= 11 is 0. The largest absolute Gasteiger partial charge is 0.481 e. The molecule has 1 aliphatic carbocycles. The van der Waals surface area contributed by atoms with Crippen molar-refractivity contribution in [3.63, 3.8) is 0 Å². The number of carboxylic acid groups (broad SMARTS) is 1. The van der Waals surface area contributed by atoms with Gasteiger partial charge in [0.15, 0.2) is 0 Å². The number of carboxylic acids is 1. The van der Waals surface area contributed by atoms with Crippen LogP contribution >= 0.6 is 0 Å². The highest BCUT2D eigenvalue weighted by atomic mass is 16.5. The van der Waals surface area contributed by atoms with E-state index in [1.54, 1.807) is 0 Å². The normalized spacial score (nSPS) is 18.9. The van der Waals surface area contributed by atoms with Gasteiger partial charge >= 0.3 is 12.1 Å². The third kappa shape index (κ3) is 6.28. The van der Waals surface area contributed by atoms with Gasteiger partial charge in [-0.05, 0) is 40.2 Å². The SMILES string of the molecule is CC(C)C(CC(=O)O)NC(=O)C1(NC(=O)OCC2c3ccccc3-c3ccccc32)CCN(Cc2ccccc2)C1. The number of aliphatic carboxylic acids is 1. The van der Waals surface area contributed by atoms with Gasteiger partial charge in [0.1, 0.15) is 12.1 Å². The highest BCUT2D eigenvalue weighted by Crippen LogP contribution is 2.44. The minimum Gasteiger partial charge on any atom is -0.481 e. The molecule has 3 N–H and O–H groups in total. The number of ether oxygens (including phenoxy) is 1. The van der Waals surface area contributed by atoms with Crippen LogP contribution in [0.25, 0.3) is 11.1 Å². The van der Waals surface area contributed by atoms with E-state index in [9.17, 15) is 19.5 Å². The van der Waals surface area contributed by atoms with Gasteiger partial charge in [0.25, 0.3) is 0 Å². The van der Waals surface area contributed by atoms with Crippen molar-refractivity contribution in [3.05, 3.63) is 95.6 Å². The zero-order valence-corrected chi connectivity index (χ0v) is 23.5. The number of nitrogens with zero attached hydrogens (tertiary/aromatic N) is 1. The first-order chi connectivity index (χ1) is 19.8. The number of alkyl carbamates (subject to hydrolysis) is 1. The molecule has 0 bridgehead atoms. The van der Waals surface area contributed by atoms with Crippen LogP contribution in [-0.4, -0.2) is 59.3 Å². The van der Waals surface area contributed by atoms with Crippen LogP contribution in [0.1, 0.15) is 49.3 Å². The van der Waals surface area contributed by atoms with Gasteiger partial charge in [-0.3, -0.25) is 14.5 Å². The standard InChI is InChI=1S/C33H37N3O5/c1-22(2)29(18-30(37)38)34-31(39)33(16-17-36(21-33)19-23-10-4-3-5-11-23)35-32(40)41-20-28-26-14-8-6-12-24(26)25-13-7-9-15-27(25)28/h3-15,22,28-29H,16-21H2,1-2H3,(H,34,39)(H,35,40)(H,37,38). The molecule has 1 aliphatic heterocycles. The van der Waals surface area contributed by atoms with E-state index >= 15 is 0 Å². The molecule has 214 valence electrons. The number of benzene rings is 3. The fourth-order valence-corrected chi connectivity index (χ4v) is 5.99. The van der Waals surface area contributed by atoms with Gasteiger partial charge in [-0.25, -0.2) is 4.79 Å². The fourth-order valence-electron chi connectivity index (χ4n) is 5.99. The molecule has 2 atom stereocenters. The van der Waals surface area contributed by atoms with Crippen LogP contribution < -0.4 is 10.6 Å². The first kappa shape index (κ1) is 28.4. The Labute approximate surface area is 240 Å². The van der Waals surface area contributed by atoms with Crippen molar-refractivity contribution in [1.82, 2.24) is 15.5 Å². The first-order valence-electron chi connectivity index (χ1n) is 14.2. The zero-order valence-electron chi connectivity index (χ0n) is 23.5. The van der Waals surface area contributed by atoms with Crippen molar-refractivity contribution >= 4 is 18.0 Å². The van der Waals surface area contributed by atoms with Crippen molar-refractivity contribution in [1.29, 1.82) is 0 Å². The van der Waals surface area contributed by atoms with Crippen LogP contribution in [0.3, 0.4) is 0 Å². The molecule has 0 aromatic heterocycles. The number of hydrogen-bond acceptors (Lipinski definition) is 5. The Morgan fingerprint density at radius 3 is 2.17 bits per heavy atom. The second-order valence-corrected chi connectivity index (χ2v) is 11.4. The van der Waals surface area contributed by atoms with Gasteiger partial charge < -0.3 is 20.5 Å². The van der Waals surface area contributed by atoms with Crippen LogP contribution in [0.15, 0.2) is 78.9 Å². The van der Waals surface area contributed by atoms with Crippen molar-refractivity contribution in [2.24, 2.45) is 5.92 Å². The molecule has 0 radical (unpaired) electrons. The highest BCUT2D eigenvalue weighted by Gasteiger charge is 2.47. The molecule has 5 rings (SSSR count). The lowest BCUT2D eigenvalue weighted by atomic mass is 9.94. The molecule has 3 aromatic carbocycles. The maximum Gasteiger partial charge on any atom is 0.408 e. The fraction of sp³-hybridized carbons (Fsp3) is 0.364. The molecule has 41 heavy (non-hydrogen) atoms. The minimum atomic E-state index is -1.25. The molecule has 8 heteroatoms. The third-order valence-electron chi connectivity index (χ3n) is 8.23. The lowest BCUT2D eigenvalue weighted by Gasteiger charge is -2.32.